The van der Waals surface area contributed by atoms with Crippen LogP contribution in [0.25, 0.3) is 0 Å². The summed E-state index contributed by atoms with van der Waals surface area (Å²) in [5.41, 5.74) is 2.94. The summed E-state index contributed by atoms with van der Waals surface area (Å²) in [6.45, 7) is 13.6. The maximum Gasteiger partial charge on any atom is 0.0470 e. The molecule has 1 N–H and O–H groups in total. The van der Waals surface area contributed by atoms with Crippen LogP contribution in [0.1, 0.15) is 52.5 Å². The molecule has 2 nitrogen and oxygen atoms in total. The predicted molar refractivity (Wildman–Crippen MR) is 84.0 cm³/mol. The molecule has 0 bridgehead atoms. The number of anilines is 1. The van der Waals surface area contributed by atoms with Crippen LogP contribution in [0.15, 0.2) is 24.3 Å². The van der Waals surface area contributed by atoms with Crippen molar-refractivity contribution in [2.45, 2.75) is 58.5 Å². The van der Waals surface area contributed by atoms with Gasteiger partial charge in [0, 0.05) is 30.4 Å². The van der Waals surface area contributed by atoms with Gasteiger partial charge in [0.05, 0.1) is 0 Å². The van der Waals surface area contributed by atoms with E-state index in [2.05, 4.69) is 69.1 Å². The molecule has 1 saturated heterocycles. The Balaban J connectivity index is 2.23. The molecule has 0 aromatic heterocycles. The van der Waals surface area contributed by atoms with Gasteiger partial charge in [0.15, 0.2) is 0 Å². The topological polar surface area (TPSA) is 15.3 Å². The number of rotatable bonds is 2. The van der Waals surface area contributed by atoms with Crippen LogP contribution in [-0.4, -0.2) is 24.7 Å². The molecule has 1 fully saturated rings. The second-order valence-corrected chi connectivity index (χ2v) is 6.78. The van der Waals surface area contributed by atoms with Crippen LogP contribution in [-0.2, 0) is 0 Å². The fourth-order valence-electron chi connectivity index (χ4n) is 2.76. The lowest BCUT2D eigenvalue weighted by Gasteiger charge is -2.39. The summed E-state index contributed by atoms with van der Waals surface area (Å²) in [6, 6.07) is 9.73. The van der Waals surface area contributed by atoms with E-state index in [1.165, 1.54) is 17.7 Å². The third kappa shape index (κ3) is 3.30. The standard InChI is InChI=1S/C17H28N2/c1-13(2)15-6-8-16(9-7-15)19-11-10-14(3)18-12-17(19,4)5/h6-9,13-14,18H,10-12H2,1-5H3. The van der Waals surface area contributed by atoms with Gasteiger partial charge in [0.2, 0.25) is 0 Å². The Labute approximate surface area is 118 Å². The molecule has 0 radical (unpaired) electrons. The first-order valence-corrected chi connectivity index (χ1v) is 7.51. The lowest BCUT2D eigenvalue weighted by atomic mass is 9.99. The van der Waals surface area contributed by atoms with Crippen molar-refractivity contribution in [2.24, 2.45) is 0 Å². The van der Waals surface area contributed by atoms with Gasteiger partial charge < -0.3 is 10.2 Å². The molecule has 1 aromatic carbocycles. The molecule has 1 aliphatic rings. The second-order valence-electron chi connectivity index (χ2n) is 6.78. The lowest BCUT2D eigenvalue weighted by Crippen LogP contribution is -2.49. The van der Waals surface area contributed by atoms with Crippen molar-refractivity contribution in [1.82, 2.24) is 5.32 Å². The summed E-state index contributed by atoms with van der Waals surface area (Å²) in [7, 11) is 0. The minimum Gasteiger partial charge on any atom is -0.365 e. The number of nitrogens with zero attached hydrogens (tertiary/aromatic N) is 1. The van der Waals surface area contributed by atoms with E-state index in [1.54, 1.807) is 0 Å². The summed E-state index contributed by atoms with van der Waals surface area (Å²) in [6.07, 6.45) is 1.20. The third-order valence-corrected chi connectivity index (χ3v) is 4.27. The highest BCUT2D eigenvalue weighted by atomic mass is 15.2. The molecule has 2 rings (SSSR count). The highest BCUT2D eigenvalue weighted by Gasteiger charge is 2.30. The fourth-order valence-corrected chi connectivity index (χ4v) is 2.76. The number of benzene rings is 1. The molecule has 1 heterocycles. The number of hydrogen-bond acceptors (Lipinski definition) is 2. The summed E-state index contributed by atoms with van der Waals surface area (Å²) in [5, 5.41) is 3.62. The lowest BCUT2D eigenvalue weighted by molar-refractivity contribution is 0.447. The van der Waals surface area contributed by atoms with Crippen LogP contribution < -0.4 is 10.2 Å². The van der Waals surface area contributed by atoms with E-state index in [4.69, 9.17) is 0 Å². The summed E-state index contributed by atoms with van der Waals surface area (Å²) in [4.78, 5) is 2.55. The average Bonchev–Trinajstić information content (AvgIpc) is 2.49. The normalized spacial score (nSPS) is 23.5. The Hall–Kier alpha value is -1.02. The molecule has 1 aliphatic heterocycles. The highest BCUT2D eigenvalue weighted by Crippen LogP contribution is 2.27. The zero-order valence-corrected chi connectivity index (χ0v) is 13.0. The number of nitrogens with one attached hydrogen (secondary N) is 1. The van der Waals surface area contributed by atoms with Gasteiger partial charge in [-0.2, -0.15) is 0 Å². The fraction of sp³-hybridized carbons (Fsp3) is 0.647. The molecule has 106 valence electrons. The predicted octanol–water partition coefficient (Wildman–Crippen LogP) is 3.78. The van der Waals surface area contributed by atoms with Gasteiger partial charge >= 0.3 is 0 Å². The van der Waals surface area contributed by atoms with Crippen molar-refractivity contribution in [3.63, 3.8) is 0 Å². The SMILES string of the molecule is CC1CCN(c2ccc(C(C)C)cc2)C(C)(C)CN1. The molecule has 1 aromatic rings. The van der Waals surface area contributed by atoms with Crippen LogP contribution in [0.2, 0.25) is 0 Å². The zero-order chi connectivity index (χ0) is 14.0. The van der Waals surface area contributed by atoms with Crippen molar-refractivity contribution in [1.29, 1.82) is 0 Å². The molecule has 1 unspecified atom stereocenters. The third-order valence-electron chi connectivity index (χ3n) is 4.27. The maximum absolute atomic E-state index is 3.62. The molecule has 0 spiro atoms. The average molecular weight is 260 g/mol. The first-order chi connectivity index (χ1) is 8.90. The van der Waals surface area contributed by atoms with Gasteiger partial charge in [-0.25, -0.2) is 0 Å². The molecule has 0 saturated carbocycles. The monoisotopic (exact) mass is 260 g/mol. The van der Waals surface area contributed by atoms with Crippen molar-refractivity contribution in [3.8, 4) is 0 Å². The Morgan fingerprint density at radius 1 is 1.21 bits per heavy atom. The van der Waals surface area contributed by atoms with Gasteiger partial charge in [-0.1, -0.05) is 26.0 Å². The van der Waals surface area contributed by atoms with Crippen LogP contribution in [0.5, 0.6) is 0 Å². The maximum atomic E-state index is 3.62. The van der Waals surface area contributed by atoms with E-state index in [0.717, 1.165) is 13.1 Å². The van der Waals surface area contributed by atoms with E-state index < -0.39 is 0 Å². The summed E-state index contributed by atoms with van der Waals surface area (Å²) < 4.78 is 0. The van der Waals surface area contributed by atoms with Gasteiger partial charge in [-0.15, -0.1) is 0 Å². The quantitative estimate of drug-likeness (QED) is 0.870. The molecular formula is C17H28N2. The Morgan fingerprint density at radius 2 is 1.84 bits per heavy atom. The van der Waals surface area contributed by atoms with Crippen molar-refractivity contribution < 1.29 is 0 Å². The summed E-state index contributed by atoms with van der Waals surface area (Å²) in [5.74, 6) is 0.605. The Kier molecular flexibility index (Phi) is 4.19. The summed E-state index contributed by atoms with van der Waals surface area (Å²) >= 11 is 0. The van der Waals surface area contributed by atoms with Crippen molar-refractivity contribution >= 4 is 5.69 Å². The van der Waals surface area contributed by atoms with E-state index in [-0.39, 0.29) is 5.54 Å². The second kappa shape index (κ2) is 5.54. The zero-order valence-electron chi connectivity index (χ0n) is 13.0. The van der Waals surface area contributed by atoms with Crippen LogP contribution >= 0.6 is 0 Å². The van der Waals surface area contributed by atoms with Crippen LogP contribution in [0, 0.1) is 0 Å². The van der Waals surface area contributed by atoms with Gasteiger partial charge in [0.1, 0.15) is 0 Å². The van der Waals surface area contributed by atoms with Gasteiger partial charge in [-0.3, -0.25) is 0 Å². The first kappa shape index (κ1) is 14.4. The van der Waals surface area contributed by atoms with E-state index in [0.29, 0.717) is 12.0 Å². The molecular weight excluding hydrogens is 232 g/mol. The highest BCUT2D eigenvalue weighted by molar-refractivity contribution is 5.50. The minimum atomic E-state index is 0.171. The number of hydrogen-bond donors (Lipinski definition) is 1. The van der Waals surface area contributed by atoms with E-state index in [1.807, 2.05) is 0 Å². The molecule has 2 heteroatoms. The smallest absolute Gasteiger partial charge is 0.0470 e. The molecule has 0 amide bonds. The molecule has 19 heavy (non-hydrogen) atoms. The van der Waals surface area contributed by atoms with Crippen LogP contribution in [0.3, 0.4) is 0 Å². The molecule has 1 atom stereocenters. The Bertz CT molecular complexity index is 406. The molecule has 0 aliphatic carbocycles. The van der Waals surface area contributed by atoms with E-state index >= 15 is 0 Å². The Morgan fingerprint density at radius 3 is 2.42 bits per heavy atom. The minimum absolute atomic E-state index is 0.171. The largest absolute Gasteiger partial charge is 0.365 e. The van der Waals surface area contributed by atoms with Gasteiger partial charge in [-0.05, 0) is 50.8 Å². The van der Waals surface area contributed by atoms with E-state index in [9.17, 15) is 0 Å². The van der Waals surface area contributed by atoms with Crippen molar-refractivity contribution in [2.75, 3.05) is 18.0 Å². The van der Waals surface area contributed by atoms with Crippen LogP contribution in [0.4, 0.5) is 5.69 Å². The first-order valence-electron chi connectivity index (χ1n) is 7.51. The van der Waals surface area contributed by atoms with Crippen molar-refractivity contribution in [3.05, 3.63) is 29.8 Å². The van der Waals surface area contributed by atoms with Gasteiger partial charge in [0.25, 0.3) is 0 Å².